The maximum absolute atomic E-state index is 13.8. The van der Waals surface area contributed by atoms with Gasteiger partial charge in [-0.2, -0.15) is 18.4 Å². The second-order valence-electron chi connectivity index (χ2n) is 10.4. The maximum atomic E-state index is 13.8. The Morgan fingerprint density at radius 2 is 1.79 bits per heavy atom. The van der Waals surface area contributed by atoms with Gasteiger partial charge in [-0.1, -0.05) is 17.3 Å². The van der Waals surface area contributed by atoms with Gasteiger partial charge in [-0.05, 0) is 63.6 Å². The zero-order valence-corrected chi connectivity index (χ0v) is 21.4. The fraction of sp³-hybridized carbons (Fsp3) is 0.520. The van der Waals surface area contributed by atoms with E-state index in [4.69, 9.17) is 4.52 Å². The molecule has 0 radical (unpaired) electrons. The number of likely N-dealkylation sites (tertiary alicyclic amines) is 1. The Balaban J connectivity index is 1.43. The smallest absolute Gasteiger partial charge is 0.361 e. The second kappa shape index (κ2) is 8.56. The molecule has 0 unspecified atom stereocenters. The number of hydrogen-bond acceptors (Lipinski definition) is 7. The molecule has 0 spiro atoms. The largest absolute Gasteiger partial charge is 0.403 e. The zero-order chi connectivity index (χ0) is 27.7. The molecule has 1 aromatic carbocycles. The number of nitrogens with one attached hydrogen (secondary N) is 1. The molecule has 0 bridgehead atoms. The quantitative estimate of drug-likeness (QED) is 0.584. The fourth-order valence-corrected chi connectivity index (χ4v) is 6.81. The van der Waals surface area contributed by atoms with E-state index in [-0.39, 0.29) is 11.3 Å². The molecule has 3 aliphatic rings. The van der Waals surface area contributed by atoms with Gasteiger partial charge in [0.15, 0.2) is 9.84 Å². The molecule has 2 aliphatic carbocycles. The normalized spacial score (nSPS) is 23.5. The monoisotopic (exact) mass is 550 g/mol. The highest BCUT2D eigenvalue weighted by molar-refractivity contribution is 7.92. The third-order valence-corrected chi connectivity index (χ3v) is 9.95. The molecule has 3 fully saturated rings. The first-order chi connectivity index (χ1) is 17.7. The molecule has 202 valence electrons. The van der Waals surface area contributed by atoms with Crippen LogP contribution in [0.1, 0.15) is 43.6 Å². The van der Waals surface area contributed by atoms with Crippen LogP contribution < -0.4 is 5.32 Å². The van der Waals surface area contributed by atoms with Gasteiger partial charge in [-0.25, -0.2) is 8.42 Å². The fourth-order valence-electron chi connectivity index (χ4n) is 5.12. The summed E-state index contributed by atoms with van der Waals surface area (Å²) in [6.45, 7) is 2.92. The summed E-state index contributed by atoms with van der Waals surface area (Å²) in [5, 5.41) is 14.4. The van der Waals surface area contributed by atoms with Crippen LogP contribution in [0.3, 0.4) is 0 Å². The Kier molecular flexibility index (Phi) is 5.90. The third kappa shape index (κ3) is 4.15. The Morgan fingerprint density at radius 3 is 2.26 bits per heavy atom. The predicted molar refractivity (Wildman–Crippen MR) is 126 cm³/mol. The van der Waals surface area contributed by atoms with Gasteiger partial charge >= 0.3 is 6.18 Å². The molecule has 1 aliphatic heterocycles. The number of benzene rings is 1. The second-order valence-corrected chi connectivity index (χ2v) is 12.6. The first-order valence-corrected chi connectivity index (χ1v) is 13.7. The number of rotatable bonds is 6. The highest BCUT2D eigenvalue weighted by Crippen LogP contribution is 2.59. The molecule has 5 rings (SSSR count). The van der Waals surface area contributed by atoms with Crippen LogP contribution in [-0.4, -0.2) is 59.8 Å². The van der Waals surface area contributed by atoms with Crippen molar-refractivity contribution in [1.82, 2.24) is 15.4 Å². The van der Waals surface area contributed by atoms with E-state index in [0.29, 0.717) is 29.9 Å². The molecular formula is C25H25F3N4O5S. The number of carbonyl (C=O) groups is 2. The lowest BCUT2D eigenvalue weighted by Gasteiger charge is -2.29. The molecule has 1 saturated heterocycles. The number of nitrogens with zero attached hydrogens (tertiary/aromatic N) is 3. The minimum atomic E-state index is -4.82. The Labute approximate surface area is 216 Å². The summed E-state index contributed by atoms with van der Waals surface area (Å²) in [6, 6.07) is 6.44. The first kappa shape index (κ1) is 26.2. The van der Waals surface area contributed by atoms with Gasteiger partial charge in [-0.3, -0.25) is 9.59 Å². The van der Waals surface area contributed by atoms with E-state index in [9.17, 15) is 36.4 Å². The SMILES string of the molecule is Cc1noc(C)c1-c1ccc(S(=O)(=O)[C@@H]2C[C@@H](C(=O)NC3(C#N)CC3)N(C(=O)C3(C(F)(F)F)CC3)C2)cc1. The number of amides is 2. The van der Waals surface area contributed by atoms with Crippen molar-refractivity contribution < 1.29 is 35.7 Å². The van der Waals surface area contributed by atoms with Crippen LogP contribution in [0.25, 0.3) is 11.1 Å². The van der Waals surface area contributed by atoms with Crippen molar-refractivity contribution in [3.63, 3.8) is 0 Å². The molecule has 13 heteroatoms. The van der Waals surface area contributed by atoms with E-state index >= 15 is 0 Å². The molecule has 9 nitrogen and oxygen atoms in total. The number of carbonyl (C=O) groups excluding carboxylic acids is 2. The number of alkyl halides is 3. The molecule has 38 heavy (non-hydrogen) atoms. The topological polar surface area (TPSA) is 133 Å². The molecule has 1 aromatic heterocycles. The number of aryl methyl sites for hydroxylation is 2. The summed E-state index contributed by atoms with van der Waals surface area (Å²) in [7, 11) is -4.13. The van der Waals surface area contributed by atoms with Crippen LogP contribution in [0.4, 0.5) is 13.2 Å². The summed E-state index contributed by atoms with van der Waals surface area (Å²) in [6.07, 6.45) is -5.27. The van der Waals surface area contributed by atoms with Gasteiger partial charge in [0.05, 0.1) is 21.9 Å². The lowest BCUT2D eigenvalue weighted by atomic mass is 10.0. The van der Waals surface area contributed by atoms with E-state index in [0.717, 1.165) is 10.5 Å². The molecule has 2 atom stereocenters. The van der Waals surface area contributed by atoms with Crippen molar-refractivity contribution in [2.45, 2.75) is 73.9 Å². The maximum Gasteiger partial charge on any atom is 0.403 e. The highest BCUT2D eigenvalue weighted by atomic mass is 32.2. The first-order valence-electron chi connectivity index (χ1n) is 12.1. The molecular weight excluding hydrogens is 525 g/mol. The predicted octanol–water partition coefficient (Wildman–Crippen LogP) is 3.22. The Bertz CT molecular complexity index is 1430. The van der Waals surface area contributed by atoms with Crippen LogP contribution in [0, 0.1) is 30.6 Å². The van der Waals surface area contributed by atoms with Crippen molar-refractivity contribution in [1.29, 1.82) is 5.26 Å². The zero-order valence-electron chi connectivity index (χ0n) is 20.6. The summed E-state index contributed by atoms with van der Waals surface area (Å²) < 4.78 is 73.5. The van der Waals surface area contributed by atoms with E-state index in [2.05, 4.69) is 10.5 Å². The highest BCUT2D eigenvalue weighted by Gasteiger charge is 2.70. The van der Waals surface area contributed by atoms with Crippen molar-refractivity contribution in [3.05, 3.63) is 35.7 Å². The number of aromatic nitrogens is 1. The van der Waals surface area contributed by atoms with E-state index in [1.165, 1.54) is 12.1 Å². The molecule has 2 heterocycles. The van der Waals surface area contributed by atoms with Gasteiger partial charge in [0, 0.05) is 12.1 Å². The molecule has 2 saturated carbocycles. The van der Waals surface area contributed by atoms with Gasteiger partial charge in [-0.15, -0.1) is 0 Å². The number of halogens is 3. The summed E-state index contributed by atoms with van der Waals surface area (Å²) in [5.74, 6) is -1.55. The van der Waals surface area contributed by atoms with Gasteiger partial charge in [0.25, 0.3) is 0 Å². The lowest BCUT2D eigenvalue weighted by Crippen LogP contribution is -2.53. The minimum absolute atomic E-state index is 0.0842. The van der Waals surface area contributed by atoms with Crippen molar-refractivity contribution in [2.24, 2.45) is 5.41 Å². The lowest BCUT2D eigenvalue weighted by molar-refractivity contribution is -0.199. The van der Waals surface area contributed by atoms with Gasteiger partial charge in [0.1, 0.15) is 22.8 Å². The van der Waals surface area contributed by atoms with Crippen molar-refractivity contribution >= 4 is 21.7 Å². The van der Waals surface area contributed by atoms with E-state index < -0.39 is 69.5 Å². The van der Waals surface area contributed by atoms with Crippen molar-refractivity contribution in [2.75, 3.05) is 6.54 Å². The molecule has 2 aromatic rings. The van der Waals surface area contributed by atoms with Gasteiger partial charge < -0.3 is 14.7 Å². The summed E-state index contributed by atoms with van der Waals surface area (Å²) in [5.41, 5.74) is -1.71. The Morgan fingerprint density at radius 1 is 1.16 bits per heavy atom. The summed E-state index contributed by atoms with van der Waals surface area (Å²) in [4.78, 5) is 26.9. The van der Waals surface area contributed by atoms with Crippen LogP contribution in [0.2, 0.25) is 0 Å². The molecule has 2 amide bonds. The van der Waals surface area contributed by atoms with Crippen LogP contribution in [0.15, 0.2) is 33.7 Å². The van der Waals surface area contributed by atoms with E-state index in [1.54, 1.807) is 26.0 Å². The van der Waals surface area contributed by atoms with Crippen molar-refractivity contribution in [3.8, 4) is 17.2 Å². The minimum Gasteiger partial charge on any atom is -0.361 e. The average molecular weight is 551 g/mol. The Hall–Kier alpha value is -3.40. The van der Waals surface area contributed by atoms with Crippen LogP contribution in [0.5, 0.6) is 0 Å². The van der Waals surface area contributed by atoms with Crippen LogP contribution in [-0.2, 0) is 19.4 Å². The van der Waals surface area contributed by atoms with Crippen LogP contribution >= 0.6 is 0 Å². The van der Waals surface area contributed by atoms with E-state index in [1.807, 2.05) is 6.07 Å². The molecule has 1 N–H and O–H groups in total. The summed E-state index contributed by atoms with van der Waals surface area (Å²) >= 11 is 0. The number of hydrogen-bond donors (Lipinski definition) is 1. The van der Waals surface area contributed by atoms with Gasteiger partial charge in [0.2, 0.25) is 11.8 Å². The number of sulfone groups is 1. The third-order valence-electron chi connectivity index (χ3n) is 7.80. The number of nitriles is 1. The average Bonchev–Trinajstić information content (AvgIpc) is 3.76. The standard InChI is InChI=1S/C25H25F3N4O5S/c1-14-20(15(2)37-31-14)16-3-5-17(6-4-16)38(35,36)18-11-19(21(33)30-23(13-29)7-8-23)32(12-18)22(34)24(9-10-24)25(26,27)28/h3-6,18-19H,7-12H2,1-2H3,(H,30,33)/t18-,19+/m1/s1.